The molecule has 1 heterocycles. The molecule has 1 saturated carbocycles. The highest BCUT2D eigenvalue weighted by molar-refractivity contribution is 5.83. The second-order valence-corrected chi connectivity index (χ2v) is 5.92. The van der Waals surface area contributed by atoms with E-state index in [1.54, 1.807) is 17.9 Å². The normalized spacial score (nSPS) is 19.2. The van der Waals surface area contributed by atoms with E-state index in [2.05, 4.69) is 15.7 Å². The molecule has 1 aromatic rings. The van der Waals surface area contributed by atoms with Crippen molar-refractivity contribution in [3.8, 4) is 0 Å². The van der Waals surface area contributed by atoms with Crippen molar-refractivity contribution in [1.82, 2.24) is 20.4 Å². The quantitative estimate of drug-likeness (QED) is 0.721. The van der Waals surface area contributed by atoms with Crippen LogP contribution in [0.4, 0.5) is 0 Å². The van der Waals surface area contributed by atoms with Crippen molar-refractivity contribution in [2.24, 2.45) is 18.7 Å². The maximum absolute atomic E-state index is 12.5. The molecule has 1 aliphatic rings. The standard InChI is InChI=1S/C15H27N5O/c1-17-14(12-9-18-20(2)10-12)15(21)19-13(8-16)11-6-4-3-5-7-11/h9-11,13-14,17H,3-8,16H2,1-2H3,(H,19,21). The van der Waals surface area contributed by atoms with Gasteiger partial charge < -0.3 is 16.4 Å². The summed E-state index contributed by atoms with van der Waals surface area (Å²) in [6.07, 6.45) is 9.71. The van der Waals surface area contributed by atoms with Gasteiger partial charge in [-0.2, -0.15) is 5.10 Å². The Morgan fingerprint density at radius 1 is 1.48 bits per heavy atom. The maximum atomic E-state index is 12.5. The van der Waals surface area contributed by atoms with Gasteiger partial charge in [0.2, 0.25) is 5.91 Å². The molecule has 0 aliphatic heterocycles. The summed E-state index contributed by atoms with van der Waals surface area (Å²) < 4.78 is 1.70. The van der Waals surface area contributed by atoms with E-state index in [9.17, 15) is 4.79 Å². The van der Waals surface area contributed by atoms with Crippen molar-refractivity contribution in [3.05, 3.63) is 18.0 Å². The van der Waals surface area contributed by atoms with Crippen molar-refractivity contribution in [1.29, 1.82) is 0 Å². The molecule has 4 N–H and O–H groups in total. The van der Waals surface area contributed by atoms with Crippen molar-refractivity contribution in [2.75, 3.05) is 13.6 Å². The molecule has 1 aliphatic carbocycles. The van der Waals surface area contributed by atoms with E-state index in [0.717, 1.165) is 5.56 Å². The molecule has 1 aromatic heterocycles. The van der Waals surface area contributed by atoms with Crippen LogP contribution in [0.5, 0.6) is 0 Å². The van der Waals surface area contributed by atoms with E-state index in [1.807, 2.05) is 13.2 Å². The van der Waals surface area contributed by atoms with Gasteiger partial charge in [-0.05, 0) is 25.8 Å². The van der Waals surface area contributed by atoms with Gasteiger partial charge in [0.1, 0.15) is 6.04 Å². The molecule has 0 bridgehead atoms. The predicted octanol–water partition coefficient (Wildman–Crippen LogP) is 0.704. The SMILES string of the molecule is CNC(C(=O)NC(CN)C1CCCCC1)c1cnn(C)c1. The van der Waals surface area contributed by atoms with Crippen LogP contribution in [0.25, 0.3) is 0 Å². The highest BCUT2D eigenvalue weighted by Crippen LogP contribution is 2.26. The largest absolute Gasteiger partial charge is 0.350 e. The van der Waals surface area contributed by atoms with Crippen LogP contribution in [0.2, 0.25) is 0 Å². The molecule has 1 amide bonds. The zero-order valence-electron chi connectivity index (χ0n) is 13.0. The predicted molar refractivity (Wildman–Crippen MR) is 82.6 cm³/mol. The van der Waals surface area contributed by atoms with Crippen LogP contribution in [-0.4, -0.2) is 35.3 Å². The lowest BCUT2D eigenvalue weighted by atomic mass is 9.83. The van der Waals surface area contributed by atoms with Crippen molar-refractivity contribution in [2.45, 2.75) is 44.2 Å². The van der Waals surface area contributed by atoms with Gasteiger partial charge in [-0.25, -0.2) is 0 Å². The second kappa shape index (κ2) is 7.56. The Labute approximate surface area is 126 Å². The molecule has 118 valence electrons. The fraction of sp³-hybridized carbons (Fsp3) is 0.733. The first-order valence-electron chi connectivity index (χ1n) is 7.82. The molecule has 2 rings (SSSR count). The van der Waals surface area contributed by atoms with Crippen LogP contribution in [0.3, 0.4) is 0 Å². The molecule has 6 heteroatoms. The molecular weight excluding hydrogens is 266 g/mol. The molecule has 2 atom stereocenters. The summed E-state index contributed by atoms with van der Waals surface area (Å²) in [6.45, 7) is 0.500. The van der Waals surface area contributed by atoms with Crippen LogP contribution >= 0.6 is 0 Å². The number of amides is 1. The van der Waals surface area contributed by atoms with Gasteiger partial charge in [0.15, 0.2) is 0 Å². The van der Waals surface area contributed by atoms with E-state index < -0.39 is 0 Å². The molecule has 1 fully saturated rings. The Bertz CT molecular complexity index is 453. The molecule has 0 spiro atoms. The van der Waals surface area contributed by atoms with Gasteiger partial charge in [0, 0.05) is 31.4 Å². The number of aryl methyl sites for hydroxylation is 1. The summed E-state index contributed by atoms with van der Waals surface area (Å²) in [6, 6.07) is -0.304. The number of nitrogens with one attached hydrogen (secondary N) is 2. The lowest BCUT2D eigenvalue weighted by Gasteiger charge is -2.31. The number of rotatable bonds is 6. The highest BCUT2D eigenvalue weighted by Gasteiger charge is 2.27. The minimum atomic E-state index is -0.378. The lowest BCUT2D eigenvalue weighted by Crippen LogP contribution is -2.49. The number of hydrogen-bond acceptors (Lipinski definition) is 4. The van der Waals surface area contributed by atoms with Gasteiger partial charge in [0.25, 0.3) is 0 Å². The molecule has 0 radical (unpaired) electrons. The van der Waals surface area contributed by atoms with Crippen LogP contribution in [0.1, 0.15) is 43.7 Å². The Kier molecular flexibility index (Phi) is 5.76. The summed E-state index contributed by atoms with van der Waals surface area (Å²) >= 11 is 0. The molecule has 21 heavy (non-hydrogen) atoms. The smallest absolute Gasteiger partial charge is 0.242 e. The zero-order chi connectivity index (χ0) is 15.2. The molecule has 6 nitrogen and oxygen atoms in total. The first-order chi connectivity index (χ1) is 10.2. The number of nitrogens with two attached hydrogens (primary N) is 1. The fourth-order valence-corrected chi connectivity index (χ4v) is 3.21. The van der Waals surface area contributed by atoms with Crippen LogP contribution in [0, 0.1) is 5.92 Å². The fourth-order valence-electron chi connectivity index (χ4n) is 3.21. The monoisotopic (exact) mass is 293 g/mol. The lowest BCUT2D eigenvalue weighted by molar-refractivity contribution is -0.124. The minimum absolute atomic E-state index is 0.0217. The summed E-state index contributed by atoms with van der Waals surface area (Å²) in [7, 11) is 3.63. The van der Waals surface area contributed by atoms with Gasteiger partial charge >= 0.3 is 0 Å². The number of nitrogens with zero attached hydrogens (tertiary/aromatic N) is 2. The van der Waals surface area contributed by atoms with Crippen molar-refractivity contribution < 1.29 is 4.79 Å². The first kappa shape index (κ1) is 16.0. The second-order valence-electron chi connectivity index (χ2n) is 5.92. The van der Waals surface area contributed by atoms with Crippen LogP contribution < -0.4 is 16.4 Å². The Morgan fingerprint density at radius 3 is 2.71 bits per heavy atom. The first-order valence-corrected chi connectivity index (χ1v) is 7.82. The number of likely N-dealkylation sites (N-methyl/N-ethyl adjacent to an activating group) is 1. The van der Waals surface area contributed by atoms with E-state index >= 15 is 0 Å². The van der Waals surface area contributed by atoms with Crippen LogP contribution in [0.15, 0.2) is 12.4 Å². The zero-order valence-corrected chi connectivity index (χ0v) is 13.0. The van der Waals surface area contributed by atoms with E-state index in [4.69, 9.17) is 5.73 Å². The maximum Gasteiger partial charge on any atom is 0.242 e. The van der Waals surface area contributed by atoms with Crippen LogP contribution in [-0.2, 0) is 11.8 Å². The molecule has 0 saturated heterocycles. The van der Waals surface area contributed by atoms with E-state index in [1.165, 1.54) is 32.1 Å². The third kappa shape index (κ3) is 4.04. The average molecular weight is 293 g/mol. The average Bonchev–Trinajstić information content (AvgIpc) is 2.92. The number of carbonyl (C=O) groups excluding carboxylic acids is 1. The number of hydrogen-bond donors (Lipinski definition) is 3. The van der Waals surface area contributed by atoms with Crippen molar-refractivity contribution >= 4 is 5.91 Å². The van der Waals surface area contributed by atoms with Crippen molar-refractivity contribution in [3.63, 3.8) is 0 Å². The summed E-state index contributed by atoms with van der Waals surface area (Å²) in [5.41, 5.74) is 6.76. The summed E-state index contributed by atoms with van der Waals surface area (Å²) in [4.78, 5) is 12.5. The Hall–Kier alpha value is -1.40. The van der Waals surface area contributed by atoms with Gasteiger partial charge in [0.05, 0.1) is 6.20 Å². The highest BCUT2D eigenvalue weighted by atomic mass is 16.2. The third-order valence-corrected chi connectivity index (χ3v) is 4.41. The number of carbonyl (C=O) groups is 1. The molecule has 0 aromatic carbocycles. The van der Waals surface area contributed by atoms with Gasteiger partial charge in [-0.15, -0.1) is 0 Å². The Morgan fingerprint density at radius 2 is 2.19 bits per heavy atom. The third-order valence-electron chi connectivity index (χ3n) is 4.41. The van der Waals surface area contributed by atoms with Gasteiger partial charge in [-0.1, -0.05) is 19.3 Å². The number of aromatic nitrogens is 2. The summed E-state index contributed by atoms with van der Waals surface area (Å²) in [5, 5.41) is 10.3. The summed E-state index contributed by atoms with van der Waals surface area (Å²) in [5.74, 6) is 0.491. The van der Waals surface area contributed by atoms with E-state index in [-0.39, 0.29) is 18.0 Å². The van der Waals surface area contributed by atoms with Gasteiger partial charge in [-0.3, -0.25) is 9.48 Å². The minimum Gasteiger partial charge on any atom is -0.350 e. The Balaban J connectivity index is 1.99. The van der Waals surface area contributed by atoms with E-state index in [0.29, 0.717) is 12.5 Å². The molecule has 2 unspecified atom stereocenters. The topological polar surface area (TPSA) is 85.0 Å². The molecular formula is C15H27N5O.